The minimum atomic E-state index is 0.604. The van der Waals surface area contributed by atoms with Crippen molar-refractivity contribution in [3.63, 3.8) is 0 Å². The molecule has 2 aliphatic rings. The van der Waals surface area contributed by atoms with E-state index in [4.69, 9.17) is 4.99 Å². The number of amidine groups is 1. The standard InChI is InChI=1S/C12H22N2S/c1-10-8-9-15-12(13-10)14-11-6-4-2-3-5-7-11/h10-11H,2-9H2,1H3,(H,13,14). The van der Waals surface area contributed by atoms with Crippen molar-refractivity contribution >= 4 is 16.9 Å². The molecule has 1 saturated heterocycles. The van der Waals surface area contributed by atoms with Gasteiger partial charge in [-0.15, -0.1) is 0 Å². The largest absolute Gasteiger partial charge is 0.362 e. The first-order chi connectivity index (χ1) is 7.34. The number of aliphatic imine (C=N–C) groups is 1. The second kappa shape index (κ2) is 5.78. The predicted molar refractivity (Wildman–Crippen MR) is 68.6 cm³/mol. The van der Waals surface area contributed by atoms with Crippen LogP contribution in [0.1, 0.15) is 51.9 Å². The summed E-state index contributed by atoms with van der Waals surface area (Å²) in [4.78, 5) is 4.87. The van der Waals surface area contributed by atoms with E-state index in [9.17, 15) is 0 Å². The van der Waals surface area contributed by atoms with Crippen LogP contribution in [0.5, 0.6) is 0 Å². The molecular formula is C12H22N2S. The molecule has 1 N–H and O–H groups in total. The molecule has 3 heteroatoms. The average molecular weight is 226 g/mol. The summed E-state index contributed by atoms with van der Waals surface area (Å²) in [5, 5.41) is 4.71. The van der Waals surface area contributed by atoms with Crippen LogP contribution in [0.25, 0.3) is 0 Å². The van der Waals surface area contributed by atoms with Gasteiger partial charge in [0.1, 0.15) is 0 Å². The zero-order valence-corrected chi connectivity index (χ0v) is 10.5. The van der Waals surface area contributed by atoms with E-state index in [1.54, 1.807) is 0 Å². The lowest BCUT2D eigenvalue weighted by Crippen LogP contribution is -2.36. The quantitative estimate of drug-likeness (QED) is 0.694. The number of hydrogen-bond acceptors (Lipinski definition) is 2. The highest BCUT2D eigenvalue weighted by Crippen LogP contribution is 2.22. The highest BCUT2D eigenvalue weighted by molar-refractivity contribution is 8.13. The number of hydrogen-bond donors (Lipinski definition) is 1. The zero-order chi connectivity index (χ0) is 10.5. The Labute approximate surface area is 97.3 Å². The van der Waals surface area contributed by atoms with Crippen molar-refractivity contribution in [2.24, 2.45) is 4.99 Å². The van der Waals surface area contributed by atoms with E-state index in [0.717, 1.165) is 0 Å². The Kier molecular flexibility index (Phi) is 4.36. The van der Waals surface area contributed by atoms with E-state index in [-0.39, 0.29) is 0 Å². The van der Waals surface area contributed by atoms with Crippen molar-refractivity contribution in [3.05, 3.63) is 0 Å². The second-order valence-corrected chi connectivity index (χ2v) is 5.85. The summed E-state index contributed by atoms with van der Waals surface area (Å²) >= 11 is 1.91. The van der Waals surface area contributed by atoms with Crippen molar-refractivity contribution in [2.45, 2.75) is 64.0 Å². The SMILES string of the molecule is CC1CCSC(=NC2CCCCCC2)N1. The van der Waals surface area contributed by atoms with E-state index in [1.165, 1.54) is 55.9 Å². The molecule has 2 rings (SSSR count). The Bertz CT molecular complexity index is 220. The highest BCUT2D eigenvalue weighted by atomic mass is 32.2. The smallest absolute Gasteiger partial charge is 0.157 e. The van der Waals surface area contributed by atoms with Gasteiger partial charge >= 0.3 is 0 Å². The van der Waals surface area contributed by atoms with Crippen LogP contribution in [0.3, 0.4) is 0 Å². The van der Waals surface area contributed by atoms with Gasteiger partial charge in [0, 0.05) is 11.8 Å². The minimum absolute atomic E-state index is 0.604. The van der Waals surface area contributed by atoms with Gasteiger partial charge in [0.05, 0.1) is 6.04 Å². The third-order valence-electron chi connectivity index (χ3n) is 3.28. The van der Waals surface area contributed by atoms with Crippen molar-refractivity contribution in [1.82, 2.24) is 5.32 Å². The Morgan fingerprint density at radius 1 is 1.13 bits per heavy atom. The molecule has 1 aliphatic carbocycles. The summed E-state index contributed by atoms with van der Waals surface area (Å²) in [7, 11) is 0. The van der Waals surface area contributed by atoms with Crippen LogP contribution >= 0.6 is 11.8 Å². The van der Waals surface area contributed by atoms with Crippen LogP contribution in [-0.4, -0.2) is 23.0 Å². The van der Waals surface area contributed by atoms with Gasteiger partial charge in [-0.1, -0.05) is 37.4 Å². The van der Waals surface area contributed by atoms with Crippen molar-refractivity contribution in [2.75, 3.05) is 5.75 Å². The summed E-state index contributed by atoms with van der Waals surface area (Å²) in [6.45, 7) is 2.25. The molecule has 1 atom stereocenters. The first kappa shape index (κ1) is 11.3. The van der Waals surface area contributed by atoms with E-state index < -0.39 is 0 Å². The van der Waals surface area contributed by atoms with Crippen LogP contribution in [-0.2, 0) is 0 Å². The van der Waals surface area contributed by atoms with Gasteiger partial charge in [-0.3, -0.25) is 4.99 Å². The lowest BCUT2D eigenvalue weighted by Gasteiger charge is -2.23. The van der Waals surface area contributed by atoms with Crippen molar-refractivity contribution in [1.29, 1.82) is 0 Å². The molecule has 1 heterocycles. The Hall–Kier alpha value is -0.180. The normalized spacial score (nSPS) is 32.3. The molecule has 1 unspecified atom stereocenters. The minimum Gasteiger partial charge on any atom is -0.362 e. The Morgan fingerprint density at radius 2 is 1.87 bits per heavy atom. The van der Waals surface area contributed by atoms with Gasteiger partial charge in [0.15, 0.2) is 5.17 Å². The van der Waals surface area contributed by atoms with Crippen molar-refractivity contribution < 1.29 is 0 Å². The maximum absolute atomic E-state index is 4.87. The molecule has 2 fully saturated rings. The number of nitrogens with zero attached hydrogens (tertiary/aromatic N) is 1. The lowest BCUT2D eigenvalue weighted by molar-refractivity contribution is 0.576. The third-order valence-corrected chi connectivity index (χ3v) is 4.22. The summed E-state index contributed by atoms with van der Waals surface area (Å²) in [6, 6.07) is 1.23. The number of thioether (sulfide) groups is 1. The summed E-state index contributed by atoms with van der Waals surface area (Å²) in [5.74, 6) is 1.24. The highest BCUT2D eigenvalue weighted by Gasteiger charge is 2.16. The Balaban J connectivity index is 1.89. The zero-order valence-electron chi connectivity index (χ0n) is 9.67. The van der Waals surface area contributed by atoms with Crippen LogP contribution in [0.2, 0.25) is 0 Å². The topological polar surface area (TPSA) is 24.4 Å². The van der Waals surface area contributed by atoms with Gasteiger partial charge in [-0.05, 0) is 26.2 Å². The Morgan fingerprint density at radius 3 is 2.53 bits per heavy atom. The van der Waals surface area contributed by atoms with Crippen molar-refractivity contribution in [3.8, 4) is 0 Å². The molecule has 15 heavy (non-hydrogen) atoms. The molecule has 0 amide bonds. The maximum Gasteiger partial charge on any atom is 0.157 e. The maximum atomic E-state index is 4.87. The van der Waals surface area contributed by atoms with E-state index in [1.807, 2.05) is 11.8 Å². The molecule has 0 bridgehead atoms. The first-order valence-corrected chi connectivity index (χ1v) is 7.30. The van der Waals surface area contributed by atoms with Gasteiger partial charge in [0.2, 0.25) is 0 Å². The van der Waals surface area contributed by atoms with Gasteiger partial charge < -0.3 is 5.32 Å². The molecule has 1 aliphatic heterocycles. The van der Waals surface area contributed by atoms with Gasteiger partial charge in [0.25, 0.3) is 0 Å². The summed E-state index contributed by atoms with van der Waals surface area (Å²) < 4.78 is 0. The number of nitrogens with one attached hydrogen (secondary N) is 1. The lowest BCUT2D eigenvalue weighted by atomic mass is 10.1. The van der Waals surface area contributed by atoms with Crippen LogP contribution in [0, 0.1) is 0 Å². The third kappa shape index (κ3) is 3.71. The molecule has 86 valence electrons. The van der Waals surface area contributed by atoms with Crippen LogP contribution in [0.4, 0.5) is 0 Å². The van der Waals surface area contributed by atoms with E-state index >= 15 is 0 Å². The molecule has 2 nitrogen and oxygen atoms in total. The fourth-order valence-electron chi connectivity index (χ4n) is 2.28. The second-order valence-electron chi connectivity index (χ2n) is 4.76. The molecule has 1 saturated carbocycles. The molecule has 0 aromatic carbocycles. The van der Waals surface area contributed by atoms with Gasteiger partial charge in [-0.25, -0.2) is 0 Å². The predicted octanol–water partition coefficient (Wildman–Crippen LogP) is 3.18. The molecule has 0 spiro atoms. The van der Waals surface area contributed by atoms with E-state index in [0.29, 0.717) is 12.1 Å². The van der Waals surface area contributed by atoms with Gasteiger partial charge in [-0.2, -0.15) is 0 Å². The molecular weight excluding hydrogens is 204 g/mol. The van der Waals surface area contributed by atoms with Crippen LogP contribution in [0.15, 0.2) is 4.99 Å². The monoisotopic (exact) mass is 226 g/mol. The number of rotatable bonds is 1. The summed E-state index contributed by atoms with van der Waals surface area (Å²) in [5.41, 5.74) is 0. The fourth-order valence-corrected chi connectivity index (χ4v) is 3.46. The van der Waals surface area contributed by atoms with E-state index in [2.05, 4.69) is 12.2 Å². The fraction of sp³-hybridized carbons (Fsp3) is 0.917. The molecule has 0 aromatic rings. The summed E-state index contributed by atoms with van der Waals surface area (Å²) in [6.07, 6.45) is 9.47. The molecule has 0 radical (unpaired) electrons. The molecule has 0 aromatic heterocycles. The van der Waals surface area contributed by atoms with Crippen LogP contribution < -0.4 is 5.32 Å². The first-order valence-electron chi connectivity index (χ1n) is 6.32. The average Bonchev–Trinajstić information content (AvgIpc) is 2.46.